The molecule has 0 aliphatic rings. The Morgan fingerprint density at radius 2 is 2.21 bits per heavy atom. The van der Waals surface area contributed by atoms with Crippen molar-refractivity contribution in [2.45, 2.75) is 19.3 Å². The molecule has 0 aliphatic carbocycles. The normalized spacial score (nSPS) is 10.6. The van der Waals surface area contributed by atoms with E-state index < -0.39 is 13.0 Å². The van der Waals surface area contributed by atoms with Gasteiger partial charge in [-0.15, -0.1) is 11.6 Å². The van der Waals surface area contributed by atoms with Crippen LogP contribution in [0.5, 0.6) is 0 Å². The molecule has 1 N–H and O–H groups in total. The van der Waals surface area contributed by atoms with E-state index in [1.165, 1.54) is 0 Å². The van der Waals surface area contributed by atoms with E-state index in [0.29, 0.717) is 18.8 Å². The van der Waals surface area contributed by atoms with Gasteiger partial charge in [-0.25, -0.2) is 8.78 Å². The molecular weight excluding hydrogens is 216 g/mol. The van der Waals surface area contributed by atoms with Gasteiger partial charge in [0.25, 0.3) is 6.43 Å². The number of amides is 1. The summed E-state index contributed by atoms with van der Waals surface area (Å²) in [5, 5.41) is 2.58. The van der Waals surface area contributed by atoms with Gasteiger partial charge >= 0.3 is 0 Å². The highest BCUT2D eigenvalue weighted by Gasteiger charge is 2.03. The summed E-state index contributed by atoms with van der Waals surface area (Å²) >= 11 is 5.39. The van der Waals surface area contributed by atoms with Crippen LogP contribution in [0, 0.1) is 0 Å². The Labute approximate surface area is 86.8 Å². The average Bonchev–Trinajstić information content (AvgIpc) is 2.13. The van der Waals surface area contributed by atoms with Crippen molar-refractivity contribution in [3.63, 3.8) is 0 Å². The molecular formula is C8H14ClF2NO2. The molecule has 14 heavy (non-hydrogen) atoms. The predicted octanol–water partition coefficient (Wildman–Crippen LogP) is 1.40. The fourth-order valence-electron chi connectivity index (χ4n) is 0.720. The van der Waals surface area contributed by atoms with Crippen LogP contribution in [0.2, 0.25) is 0 Å². The van der Waals surface area contributed by atoms with Crippen LogP contribution in [-0.4, -0.2) is 38.0 Å². The van der Waals surface area contributed by atoms with Gasteiger partial charge in [0.1, 0.15) is 6.61 Å². The molecule has 0 aliphatic heterocycles. The molecule has 1 amide bonds. The third-order valence-corrected chi connectivity index (χ3v) is 1.62. The number of rotatable bonds is 8. The van der Waals surface area contributed by atoms with E-state index in [-0.39, 0.29) is 18.9 Å². The van der Waals surface area contributed by atoms with E-state index in [1.54, 1.807) is 0 Å². The van der Waals surface area contributed by atoms with E-state index in [2.05, 4.69) is 10.1 Å². The van der Waals surface area contributed by atoms with Gasteiger partial charge in [0.05, 0.1) is 6.61 Å². The molecule has 0 atom stereocenters. The minimum atomic E-state index is -2.48. The van der Waals surface area contributed by atoms with Crippen molar-refractivity contribution in [3.05, 3.63) is 0 Å². The maximum absolute atomic E-state index is 11.6. The maximum atomic E-state index is 11.6. The van der Waals surface area contributed by atoms with E-state index in [1.807, 2.05) is 0 Å². The second kappa shape index (κ2) is 9.15. The number of hydrogen-bond donors (Lipinski definition) is 1. The fourth-order valence-corrected chi connectivity index (χ4v) is 0.854. The highest BCUT2D eigenvalue weighted by Crippen LogP contribution is 1.93. The zero-order valence-electron chi connectivity index (χ0n) is 7.77. The molecule has 0 radical (unpaired) electrons. The summed E-state index contributed by atoms with van der Waals surface area (Å²) in [4.78, 5) is 10.9. The Kier molecular flexibility index (Phi) is 8.87. The van der Waals surface area contributed by atoms with Crippen LogP contribution in [0.4, 0.5) is 8.78 Å². The summed E-state index contributed by atoms with van der Waals surface area (Å²) in [5.74, 6) is 0.284. The standard InChI is InChI=1S/C8H14ClF2NO2/c9-3-1-4-12-8(13)2-5-14-6-7(10)11/h7H,1-6H2,(H,12,13). The Hall–Kier alpha value is -0.420. The molecule has 0 spiro atoms. The summed E-state index contributed by atoms with van der Waals surface area (Å²) in [7, 11) is 0. The van der Waals surface area contributed by atoms with Crippen molar-refractivity contribution in [2.75, 3.05) is 25.6 Å². The van der Waals surface area contributed by atoms with Crippen LogP contribution in [0.3, 0.4) is 0 Å². The van der Waals surface area contributed by atoms with Gasteiger partial charge in [0.2, 0.25) is 5.91 Å². The van der Waals surface area contributed by atoms with Gasteiger partial charge < -0.3 is 10.1 Å². The van der Waals surface area contributed by atoms with E-state index in [4.69, 9.17) is 11.6 Å². The number of alkyl halides is 3. The van der Waals surface area contributed by atoms with Gasteiger partial charge in [-0.1, -0.05) is 0 Å². The Morgan fingerprint density at radius 1 is 1.50 bits per heavy atom. The minimum absolute atomic E-state index is 0.0248. The maximum Gasteiger partial charge on any atom is 0.261 e. The number of nitrogens with one attached hydrogen (secondary N) is 1. The predicted molar refractivity (Wildman–Crippen MR) is 49.8 cm³/mol. The number of carbonyl (C=O) groups is 1. The van der Waals surface area contributed by atoms with Crippen molar-refractivity contribution in [3.8, 4) is 0 Å². The molecule has 0 rings (SSSR count). The zero-order valence-corrected chi connectivity index (χ0v) is 8.53. The van der Waals surface area contributed by atoms with Crippen molar-refractivity contribution >= 4 is 17.5 Å². The largest absolute Gasteiger partial charge is 0.375 e. The Balaban J connectivity index is 3.18. The molecule has 6 heteroatoms. The van der Waals surface area contributed by atoms with E-state index in [0.717, 1.165) is 0 Å². The van der Waals surface area contributed by atoms with E-state index in [9.17, 15) is 13.6 Å². The van der Waals surface area contributed by atoms with E-state index >= 15 is 0 Å². The molecule has 0 aromatic carbocycles. The van der Waals surface area contributed by atoms with Crippen molar-refractivity contribution < 1.29 is 18.3 Å². The van der Waals surface area contributed by atoms with Gasteiger partial charge in [0.15, 0.2) is 0 Å². The lowest BCUT2D eigenvalue weighted by Crippen LogP contribution is -2.25. The molecule has 84 valence electrons. The summed E-state index contributed by atoms with van der Waals surface area (Å²) in [6.45, 7) is -0.0802. The van der Waals surface area contributed by atoms with Gasteiger partial charge in [-0.3, -0.25) is 4.79 Å². The first kappa shape index (κ1) is 13.6. The topological polar surface area (TPSA) is 38.3 Å². The lowest BCUT2D eigenvalue weighted by molar-refractivity contribution is -0.122. The number of carbonyl (C=O) groups excluding carboxylic acids is 1. The summed E-state index contributed by atoms with van der Waals surface area (Å²) in [6.07, 6.45) is -1.67. The second-order valence-electron chi connectivity index (χ2n) is 2.61. The van der Waals surface area contributed by atoms with Crippen LogP contribution >= 0.6 is 11.6 Å². The highest BCUT2D eigenvalue weighted by molar-refractivity contribution is 6.17. The van der Waals surface area contributed by atoms with Crippen LogP contribution in [-0.2, 0) is 9.53 Å². The van der Waals surface area contributed by atoms with Crippen LogP contribution < -0.4 is 5.32 Å². The molecule has 0 aromatic heterocycles. The summed E-state index contributed by atoms with van der Waals surface area (Å²) in [6, 6.07) is 0. The number of hydrogen-bond acceptors (Lipinski definition) is 2. The molecule has 0 saturated heterocycles. The molecule has 0 fully saturated rings. The van der Waals surface area contributed by atoms with Crippen LogP contribution in [0.1, 0.15) is 12.8 Å². The lowest BCUT2D eigenvalue weighted by Gasteiger charge is -2.04. The third-order valence-electron chi connectivity index (χ3n) is 1.35. The number of halogens is 3. The molecule has 0 aromatic rings. The highest BCUT2D eigenvalue weighted by atomic mass is 35.5. The molecule has 0 heterocycles. The zero-order chi connectivity index (χ0) is 10.8. The summed E-state index contributed by atoms with van der Waals surface area (Å²) < 4.78 is 27.7. The lowest BCUT2D eigenvalue weighted by atomic mass is 10.4. The molecule has 0 unspecified atom stereocenters. The third kappa shape index (κ3) is 9.67. The molecule has 0 bridgehead atoms. The van der Waals surface area contributed by atoms with Gasteiger partial charge in [-0.05, 0) is 6.42 Å². The first-order chi connectivity index (χ1) is 6.66. The fraction of sp³-hybridized carbons (Fsp3) is 0.875. The summed E-state index contributed by atoms with van der Waals surface area (Å²) in [5.41, 5.74) is 0. The quantitative estimate of drug-likeness (QED) is 0.505. The molecule has 0 saturated carbocycles. The first-order valence-corrected chi connectivity index (χ1v) is 4.89. The first-order valence-electron chi connectivity index (χ1n) is 4.35. The minimum Gasteiger partial charge on any atom is -0.375 e. The van der Waals surface area contributed by atoms with Gasteiger partial charge in [0, 0.05) is 18.8 Å². The number of ether oxygens (including phenoxy) is 1. The second-order valence-corrected chi connectivity index (χ2v) is 2.99. The SMILES string of the molecule is O=C(CCOCC(F)F)NCCCCl. The smallest absolute Gasteiger partial charge is 0.261 e. The molecule has 3 nitrogen and oxygen atoms in total. The Morgan fingerprint density at radius 3 is 2.79 bits per heavy atom. The monoisotopic (exact) mass is 229 g/mol. The average molecular weight is 230 g/mol. The van der Waals surface area contributed by atoms with Crippen molar-refractivity contribution in [1.29, 1.82) is 0 Å². The van der Waals surface area contributed by atoms with Crippen molar-refractivity contribution in [1.82, 2.24) is 5.32 Å². The van der Waals surface area contributed by atoms with Crippen LogP contribution in [0.15, 0.2) is 0 Å². The van der Waals surface area contributed by atoms with Crippen molar-refractivity contribution in [2.24, 2.45) is 0 Å². The van der Waals surface area contributed by atoms with Gasteiger partial charge in [-0.2, -0.15) is 0 Å². The van der Waals surface area contributed by atoms with Crippen LogP contribution in [0.25, 0.3) is 0 Å². The Bertz CT molecular complexity index is 158.